The lowest BCUT2D eigenvalue weighted by Crippen LogP contribution is -2.33. The maximum Gasteiger partial charge on any atom is 0.322 e. The van der Waals surface area contributed by atoms with Crippen molar-refractivity contribution in [2.24, 2.45) is 0 Å². The third kappa shape index (κ3) is 4.60. The maximum atomic E-state index is 14.1. The molecule has 0 spiro atoms. The number of H-pyrrole nitrogens is 1. The molecule has 0 saturated carbocycles. The van der Waals surface area contributed by atoms with Gasteiger partial charge in [0.25, 0.3) is 11.5 Å². The van der Waals surface area contributed by atoms with Gasteiger partial charge in [-0.1, -0.05) is 30.3 Å². The third-order valence-corrected chi connectivity index (χ3v) is 4.52. The summed E-state index contributed by atoms with van der Waals surface area (Å²) < 4.78 is 14.1. The summed E-state index contributed by atoms with van der Waals surface area (Å²) in [5.41, 5.74) is 0.341. The van der Waals surface area contributed by atoms with Crippen LogP contribution in [-0.2, 0) is 17.6 Å². The Morgan fingerprint density at radius 3 is 2.52 bits per heavy atom. The average Bonchev–Trinajstić information content (AvgIpc) is 2.68. The molecule has 2 aromatic carbocycles. The van der Waals surface area contributed by atoms with Crippen LogP contribution in [0, 0.1) is 5.82 Å². The molecule has 0 saturated heterocycles. The van der Waals surface area contributed by atoms with Gasteiger partial charge < -0.3 is 20.5 Å². The Kier molecular flexibility index (Phi) is 5.92. The number of carboxylic acids is 1. The van der Waals surface area contributed by atoms with Crippen LogP contribution in [0.1, 0.15) is 27.9 Å². The summed E-state index contributed by atoms with van der Waals surface area (Å²) in [4.78, 5) is 37.6. The van der Waals surface area contributed by atoms with E-state index in [1.54, 1.807) is 0 Å². The number of benzene rings is 2. The molecule has 0 aliphatic rings. The summed E-state index contributed by atoms with van der Waals surface area (Å²) >= 11 is 0. The van der Waals surface area contributed by atoms with E-state index in [-0.39, 0.29) is 10.9 Å². The van der Waals surface area contributed by atoms with Crippen LogP contribution in [0.4, 0.5) is 4.39 Å². The highest BCUT2D eigenvalue weighted by atomic mass is 19.1. The highest BCUT2D eigenvalue weighted by Crippen LogP contribution is 2.29. The zero-order valence-electron chi connectivity index (χ0n) is 15.4. The number of carboxylic acid groups (broad SMARTS) is 1. The number of amides is 1. The number of carbonyl (C=O) groups excluding carboxylic acids is 1. The maximum absolute atomic E-state index is 14.1. The fourth-order valence-corrected chi connectivity index (χ4v) is 3.20. The Morgan fingerprint density at radius 2 is 1.83 bits per heavy atom. The molecule has 0 aliphatic heterocycles. The van der Waals surface area contributed by atoms with E-state index in [0.717, 1.165) is 18.1 Å². The fourth-order valence-electron chi connectivity index (χ4n) is 3.20. The second-order valence-corrected chi connectivity index (χ2v) is 6.58. The largest absolute Gasteiger partial charge is 0.506 e. The molecule has 8 heteroatoms. The Bertz CT molecular complexity index is 1130. The number of fused-ring (bicyclic) bond motifs is 1. The van der Waals surface area contributed by atoms with Gasteiger partial charge >= 0.3 is 5.97 Å². The first-order chi connectivity index (χ1) is 13.9. The summed E-state index contributed by atoms with van der Waals surface area (Å²) in [6.45, 7) is -0.719. The first-order valence-corrected chi connectivity index (χ1v) is 8.98. The van der Waals surface area contributed by atoms with Crippen molar-refractivity contribution in [3.63, 3.8) is 0 Å². The van der Waals surface area contributed by atoms with E-state index in [9.17, 15) is 23.9 Å². The van der Waals surface area contributed by atoms with Crippen molar-refractivity contribution in [2.75, 3.05) is 6.54 Å². The second kappa shape index (κ2) is 8.55. The van der Waals surface area contributed by atoms with Crippen molar-refractivity contribution >= 4 is 22.8 Å². The summed E-state index contributed by atoms with van der Waals surface area (Å²) in [5.74, 6) is -3.66. The van der Waals surface area contributed by atoms with Crippen LogP contribution in [0.15, 0.2) is 47.3 Å². The summed E-state index contributed by atoms with van der Waals surface area (Å²) in [6, 6.07) is 12.1. The minimum Gasteiger partial charge on any atom is -0.506 e. The third-order valence-electron chi connectivity index (χ3n) is 4.52. The van der Waals surface area contributed by atoms with E-state index in [2.05, 4.69) is 4.98 Å². The highest BCUT2D eigenvalue weighted by Gasteiger charge is 2.21. The second-order valence-electron chi connectivity index (χ2n) is 6.58. The molecule has 4 N–H and O–H groups in total. The monoisotopic (exact) mass is 398 g/mol. The normalized spacial score (nSPS) is 10.8. The number of hydrogen-bond acceptors (Lipinski definition) is 4. The van der Waals surface area contributed by atoms with E-state index in [0.29, 0.717) is 18.4 Å². The summed E-state index contributed by atoms with van der Waals surface area (Å²) in [5, 5.41) is 21.1. The molecule has 29 heavy (non-hydrogen) atoms. The van der Waals surface area contributed by atoms with Gasteiger partial charge in [0.05, 0.1) is 5.52 Å². The first-order valence-electron chi connectivity index (χ1n) is 8.98. The number of aliphatic carboxylic acids is 1. The number of rotatable bonds is 7. The fraction of sp³-hybridized carbons (Fsp3) is 0.190. The summed E-state index contributed by atoms with van der Waals surface area (Å²) in [7, 11) is 0. The first kappa shape index (κ1) is 20.1. The topological polar surface area (TPSA) is 119 Å². The van der Waals surface area contributed by atoms with Crippen LogP contribution in [-0.4, -0.2) is 33.6 Å². The molecule has 150 valence electrons. The predicted octanol–water partition coefficient (Wildman–Crippen LogP) is 2.36. The van der Waals surface area contributed by atoms with Gasteiger partial charge in [0.1, 0.15) is 23.7 Å². The van der Waals surface area contributed by atoms with Crippen LogP contribution < -0.4 is 10.9 Å². The number of pyridine rings is 1. The zero-order chi connectivity index (χ0) is 21.0. The van der Waals surface area contributed by atoms with Crippen molar-refractivity contribution in [3.05, 3.63) is 75.3 Å². The molecule has 0 unspecified atom stereocenters. The van der Waals surface area contributed by atoms with E-state index >= 15 is 0 Å². The Hall–Kier alpha value is -3.68. The molecule has 0 bridgehead atoms. The van der Waals surface area contributed by atoms with E-state index < -0.39 is 41.1 Å². The van der Waals surface area contributed by atoms with Crippen molar-refractivity contribution < 1.29 is 24.2 Å². The molecule has 0 atom stereocenters. The Balaban J connectivity index is 1.93. The van der Waals surface area contributed by atoms with Crippen molar-refractivity contribution in [1.82, 2.24) is 10.3 Å². The smallest absolute Gasteiger partial charge is 0.322 e. The number of aromatic amines is 1. The van der Waals surface area contributed by atoms with Crippen LogP contribution in [0.5, 0.6) is 5.75 Å². The quantitative estimate of drug-likeness (QED) is 0.487. The average molecular weight is 398 g/mol. The molecular weight excluding hydrogens is 379 g/mol. The molecule has 3 aromatic rings. The molecule has 0 radical (unpaired) electrons. The number of aryl methyl sites for hydroxylation is 2. The lowest BCUT2D eigenvalue weighted by atomic mass is 10.00. The van der Waals surface area contributed by atoms with Gasteiger partial charge in [-0.15, -0.1) is 0 Å². The van der Waals surface area contributed by atoms with Crippen molar-refractivity contribution in [1.29, 1.82) is 0 Å². The lowest BCUT2D eigenvalue weighted by molar-refractivity contribution is -0.135. The van der Waals surface area contributed by atoms with Crippen LogP contribution >= 0.6 is 0 Å². The lowest BCUT2D eigenvalue weighted by Gasteiger charge is -2.11. The zero-order valence-corrected chi connectivity index (χ0v) is 15.4. The molecule has 0 fully saturated rings. The molecule has 7 nitrogen and oxygen atoms in total. The van der Waals surface area contributed by atoms with E-state index in [4.69, 9.17) is 5.11 Å². The van der Waals surface area contributed by atoms with Gasteiger partial charge in [-0.05, 0) is 42.5 Å². The van der Waals surface area contributed by atoms with Gasteiger partial charge in [0.2, 0.25) is 0 Å². The number of aromatic hydroxyl groups is 1. The number of halogens is 1. The standard InChI is InChI=1S/C21H19FN2O5/c22-14-9-13(8-4-7-12-5-2-1-3-6-12)18-15(10-14)19(27)17(21(29)24-18)20(28)23-11-16(25)26/h1-3,5-6,9-10H,4,7-8,11H2,(H,23,28)(H,25,26)(H2,24,27,29). The van der Waals surface area contributed by atoms with Gasteiger partial charge in [-0.3, -0.25) is 14.4 Å². The van der Waals surface area contributed by atoms with Crippen molar-refractivity contribution in [3.8, 4) is 5.75 Å². The predicted molar refractivity (Wildman–Crippen MR) is 105 cm³/mol. The molecular formula is C21H19FN2O5. The molecule has 0 aliphatic carbocycles. The number of nitrogens with one attached hydrogen (secondary N) is 2. The number of aromatic nitrogens is 1. The van der Waals surface area contributed by atoms with Gasteiger partial charge in [-0.2, -0.15) is 0 Å². The van der Waals surface area contributed by atoms with Crippen LogP contribution in [0.25, 0.3) is 10.9 Å². The molecule has 3 rings (SSSR count). The van der Waals surface area contributed by atoms with E-state index in [1.807, 2.05) is 35.6 Å². The van der Waals surface area contributed by atoms with Gasteiger partial charge in [0, 0.05) is 5.39 Å². The SMILES string of the molecule is O=C(O)CNC(=O)c1c(O)c2cc(F)cc(CCCc3ccccc3)c2[nH]c1=O. The number of carbonyl (C=O) groups is 2. The summed E-state index contributed by atoms with van der Waals surface area (Å²) in [6.07, 6.45) is 1.89. The number of hydrogen-bond donors (Lipinski definition) is 4. The highest BCUT2D eigenvalue weighted by molar-refractivity contribution is 6.03. The molecule has 1 amide bonds. The van der Waals surface area contributed by atoms with Crippen LogP contribution in [0.2, 0.25) is 0 Å². The molecule has 1 heterocycles. The Labute approximate surface area is 164 Å². The minimum atomic E-state index is -1.30. The Morgan fingerprint density at radius 1 is 1.10 bits per heavy atom. The minimum absolute atomic E-state index is 0.0141. The van der Waals surface area contributed by atoms with Gasteiger partial charge in [-0.25, -0.2) is 4.39 Å². The molecule has 1 aromatic heterocycles. The van der Waals surface area contributed by atoms with Crippen LogP contribution in [0.3, 0.4) is 0 Å². The van der Waals surface area contributed by atoms with Crippen molar-refractivity contribution in [2.45, 2.75) is 19.3 Å². The van der Waals surface area contributed by atoms with E-state index in [1.165, 1.54) is 6.07 Å². The van der Waals surface area contributed by atoms with Gasteiger partial charge in [0.15, 0.2) is 0 Å².